The maximum atomic E-state index is 11.6. The zero-order valence-electron chi connectivity index (χ0n) is 12.6. The summed E-state index contributed by atoms with van der Waals surface area (Å²) in [6.07, 6.45) is 4.37. The van der Waals surface area contributed by atoms with Gasteiger partial charge in [0.25, 0.3) is 0 Å². The summed E-state index contributed by atoms with van der Waals surface area (Å²) in [5.41, 5.74) is 4.94. The van der Waals surface area contributed by atoms with Gasteiger partial charge in [-0.15, -0.1) is 0 Å². The second-order valence-electron chi connectivity index (χ2n) is 5.67. The van der Waals surface area contributed by atoms with E-state index < -0.39 is 5.54 Å². The number of hydrogen-bond acceptors (Lipinski definition) is 4. The molecule has 2 unspecified atom stereocenters. The standard InChI is InChI=1S/C14H29N3O2/c1-4-8-16-14(2,13(15)18)7-10-17-9-5-6-12(11-17)19-3/h12,16H,4-11H2,1-3H3,(H2,15,18). The molecule has 1 saturated heterocycles. The van der Waals surface area contributed by atoms with Gasteiger partial charge in [0, 0.05) is 20.2 Å². The second-order valence-corrected chi connectivity index (χ2v) is 5.67. The van der Waals surface area contributed by atoms with E-state index in [1.165, 1.54) is 0 Å². The fourth-order valence-electron chi connectivity index (χ4n) is 2.49. The maximum Gasteiger partial charge on any atom is 0.237 e. The SMILES string of the molecule is CCCNC(C)(CCN1CCCC(OC)C1)C(N)=O. The van der Waals surface area contributed by atoms with Crippen LogP contribution in [0.1, 0.15) is 39.5 Å². The summed E-state index contributed by atoms with van der Waals surface area (Å²) in [6.45, 7) is 7.74. The summed E-state index contributed by atoms with van der Waals surface area (Å²) in [7, 11) is 1.77. The van der Waals surface area contributed by atoms with Gasteiger partial charge >= 0.3 is 0 Å². The van der Waals surface area contributed by atoms with Crippen molar-refractivity contribution in [2.24, 2.45) is 5.73 Å². The number of carbonyl (C=O) groups is 1. The van der Waals surface area contributed by atoms with E-state index in [0.29, 0.717) is 6.10 Å². The predicted octanol–water partition coefficient (Wildman–Crippen LogP) is 0.731. The van der Waals surface area contributed by atoms with Crippen LogP contribution >= 0.6 is 0 Å². The lowest BCUT2D eigenvalue weighted by atomic mass is 9.95. The highest BCUT2D eigenvalue weighted by Gasteiger charge is 2.31. The highest BCUT2D eigenvalue weighted by Crippen LogP contribution is 2.16. The first kappa shape index (κ1) is 16.4. The van der Waals surface area contributed by atoms with Crippen molar-refractivity contribution in [1.29, 1.82) is 0 Å². The molecule has 1 fully saturated rings. The van der Waals surface area contributed by atoms with Crippen molar-refractivity contribution in [2.45, 2.75) is 51.2 Å². The molecule has 112 valence electrons. The summed E-state index contributed by atoms with van der Waals surface area (Å²) in [5.74, 6) is -0.263. The van der Waals surface area contributed by atoms with E-state index in [4.69, 9.17) is 10.5 Å². The van der Waals surface area contributed by atoms with Gasteiger partial charge in [0.05, 0.1) is 11.6 Å². The monoisotopic (exact) mass is 271 g/mol. The van der Waals surface area contributed by atoms with Crippen LogP contribution in [0.3, 0.4) is 0 Å². The molecule has 3 N–H and O–H groups in total. The fraction of sp³-hybridized carbons (Fsp3) is 0.929. The molecule has 1 rings (SSSR count). The van der Waals surface area contributed by atoms with Gasteiger partial charge in [-0.25, -0.2) is 0 Å². The van der Waals surface area contributed by atoms with Gasteiger partial charge in [-0.2, -0.15) is 0 Å². The number of nitrogens with zero attached hydrogens (tertiary/aromatic N) is 1. The Bertz CT molecular complexity index is 286. The maximum absolute atomic E-state index is 11.6. The Morgan fingerprint density at radius 3 is 2.89 bits per heavy atom. The summed E-state index contributed by atoms with van der Waals surface area (Å²) in [4.78, 5) is 14.0. The Hall–Kier alpha value is -0.650. The van der Waals surface area contributed by atoms with Gasteiger partial charge in [-0.3, -0.25) is 4.79 Å². The molecule has 1 aliphatic heterocycles. The molecule has 1 aliphatic rings. The van der Waals surface area contributed by atoms with Crippen LogP contribution in [0.5, 0.6) is 0 Å². The first-order valence-corrected chi connectivity index (χ1v) is 7.32. The predicted molar refractivity (Wildman–Crippen MR) is 77.0 cm³/mol. The number of nitrogens with one attached hydrogen (secondary N) is 1. The normalized spacial score (nSPS) is 24.1. The molecule has 0 saturated carbocycles. The minimum absolute atomic E-state index is 0.263. The topological polar surface area (TPSA) is 67.6 Å². The number of carbonyl (C=O) groups excluding carboxylic acids is 1. The van der Waals surface area contributed by atoms with E-state index in [-0.39, 0.29) is 5.91 Å². The third-order valence-corrected chi connectivity index (χ3v) is 4.03. The number of likely N-dealkylation sites (tertiary alicyclic amines) is 1. The van der Waals surface area contributed by atoms with Crippen LogP contribution in [0.4, 0.5) is 0 Å². The first-order chi connectivity index (χ1) is 9.01. The zero-order chi connectivity index (χ0) is 14.3. The van der Waals surface area contributed by atoms with Crippen molar-refractivity contribution in [3.8, 4) is 0 Å². The fourth-order valence-corrected chi connectivity index (χ4v) is 2.49. The average molecular weight is 271 g/mol. The number of hydrogen-bond donors (Lipinski definition) is 2. The summed E-state index contributed by atoms with van der Waals surface area (Å²) in [6, 6.07) is 0. The molecule has 0 bridgehead atoms. The number of ether oxygens (including phenoxy) is 1. The van der Waals surface area contributed by atoms with Gasteiger partial charge < -0.3 is 20.7 Å². The van der Waals surface area contributed by atoms with Gasteiger partial charge in [-0.05, 0) is 45.7 Å². The number of methoxy groups -OCH3 is 1. The Morgan fingerprint density at radius 2 is 2.32 bits per heavy atom. The zero-order valence-corrected chi connectivity index (χ0v) is 12.6. The molecule has 1 amide bonds. The third kappa shape index (κ3) is 5.09. The largest absolute Gasteiger partial charge is 0.380 e. The van der Waals surface area contributed by atoms with E-state index in [9.17, 15) is 4.79 Å². The van der Waals surface area contributed by atoms with Crippen LogP contribution < -0.4 is 11.1 Å². The molecule has 0 aromatic heterocycles. The highest BCUT2D eigenvalue weighted by molar-refractivity contribution is 5.84. The quantitative estimate of drug-likeness (QED) is 0.683. The molecule has 19 heavy (non-hydrogen) atoms. The minimum Gasteiger partial charge on any atom is -0.380 e. The Morgan fingerprint density at radius 1 is 1.58 bits per heavy atom. The van der Waals surface area contributed by atoms with Crippen molar-refractivity contribution in [1.82, 2.24) is 10.2 Å². The number of primary amides is 1. The molecule has 1 heterocycles. The number of piperidine rings is 1. The molecular formula is C14H29N3O2. The lowest BCUT2D eigenvalue weighted by Crippen LogP contribution is -2.55. The van der Waals surface area contributed by atoms with E-state index in [1.54, 1.807) is 7.11 Å². The summed E-state index contributed by atoms with van der Waals surface area (Å²) < 4.78 is 5.42. The molecule has 5 heteroatoms. The van der Waals surface area contributed by atoms with Crippen LogP contribution in [0, 0.1) is 0 Å². The average Bonchev–Trinajstić information content (AvgIpc) is 2.43. The van der Waals surface area contributed by atoms with E-state index in [0.717, 1.165) is 51.9 Å². The smallest absolute Gasteiger partial charge is 0.237 e. The Labute approximate surface area is 116 Å². The van der Waals surface area contributed by atoms with Crippen LogP contribution in [0.15, 0.2) is 0 Å². The van der Waals surface area contributed by atoms with E-state index in [2.05, 4.69) is 17.1 Å². The van der Waals surface area contributed by atoms with Crippen LogP contribution in [-0.2, 0) is 9.53 Å². The van der Waals surface area contributed by atoms with Crippen molar-refractivity contribution in [3.63, 3.8) is 0 Å². The molecule has 2 atom stereocenters. The Balaban J connectivity index is 2.44. The molecule has 5 nitrogen and oxygen atoms in total. The van der Waals surface area contributed by atoms with E-state index >= 15 is 0 Å². The minimum atomic E-state index is -0.601. The first-order valence-electron chi connectivity index (χ1n) is 7.32. The van der Waals surface area contributed by atoms with Crippen LogP contribution in [-0.4, -0.2) is 55.7 Å². The number of amides is 1. The van der Waals surface area contributed by atoms with E-state index in [1.807, 2.05) is 6.92 Å². The highest BCUT2D eigenvalue weighted by atomic mass is 16.5. The molecule has 0 radical (unpaired) electrons. The van der Waals surface area contributed by atoms with Crippen LogP contribution in [0.2, 0.25) is 0 Å². The van der Waals surface area contributed by atoms with Gasteiger partial charge in [0.2, 0.25) is 5.91 Å². The van der Waals surface area contributed by atoms with Crippen molar-refractivity contribution in [2.75, 3.05) is 33.3 Å². The number of rotatable bonds is 8. The van der Waals surface area contributed by atoms with Crippen molar-refractivity contribution < 1.29 is 9.53 Å². The molecule has 0 aromatic rings. The second kappa shape index (κ2) is 7.82. The van der Waals surface area contributed by atoms with Crippen molar-refractivity contribution >= 4 is 5.91 Å². The summed E-state index contributed by atoms with van der Waals surface area (Å²) >= 11 is 0. The molecule has 0 spiro atoms. The van der Waals surface area contributed by atoms with Crippen molar-refractivity contribution in [3.05, 3.63) is 0 Å². The molecular weight excluding hydrogens is 242 g/mol. The number of nitrogens with two attached hydrogens (primary N) is 1. The third-order valence-electron chi connectivity index (χ3n) is 4.03. The van der Waals surface area contributed by atoms with Gasteiger partial charge in [0.15, 0.2) is 0 Å². The lowest BCUT2D eigenvalue weighted by molar-refractivity contribution is -0.124. The lowest BCUT2D eigenvalue weighted by Gasteiger charge is -2.35. The van der Waals surface area contributed by atoms with Gasteiger partial charge in [0.1, 0.15) is 0 Å². The molecule has 0 aromatic carbocycles. The van der Waals surface area contributed by atoms with Crippen LogP contribution in [0.25, 0.3) is 0 Å². The van der Waals surface area contributed by atoms with Gasteiger partial charge in [-0.1, -0.05) is 6.92 Å². The molecule has 0 aliphatic carbocycles. The Kier molecular flexibility index (Phi) is 6.75. The summed E-state index contributed by atoms with van der Waals surface area (Å²) in [5, 5.41) is 3.28.